The molecule has 0 saturated heterocycles. The van der Waals surface area contributed by atoms with Crippen molar-refractivity contribution in [2.75, 3.05) is 7.11 Å². The smallest absolute Gasteiger partial charge is 0.356 e. The van der Waals surface area contributed by atoms with E-state index >= 15 is 0 Å². The second-order valence-electron chi connectivity index (χ2n) is 3.60. The van der Waals surface area contributed by atoms with E-state index in [2.05, 4.69) is 9.72 Å². The number of benzene rings is 1. The van der Waals surface area contributed by atoms with E-state index in [0.29, 0.717) is 15.6 Å². The van der Waals surface area contributed by atoms with Crippen LogP contribution in [0.5, 0.6) is 0 Å². The first kappa shape index (κ1) is 12.1. The SMILES string of the molecule is COC(=O)c1cc(C)c2cc(Cl)cc(Cl)c2n1. The summed E-state index contributed by atoms with van der Waals surface area (Å²) in [5, 5.41) is 1.79. The first-order valence-electron chi connectivity index (χ1n) is 4.87. The largest absolute Gasteiger partial charge is 0.464 e. The van der Waals surface area contributed by atoms with Gasteiger partial charge in [0.25, 0.3) is 0 Å². The molecule has 0 aliphatic heterocycles. The first-order valence-corrected chi connectivity index (χ1v) is 5.63. The number of fused-ring (bicyclic) bond motifs is 1. The average Bonchev–Trinajstić information content (AvgIpc) is 2.29. The van der Waals surface area contributed by atoms with Crippen LogP contribution in [-0.2, 0) is 4.74 Å². The molecule has 1 heterocycles. The van der Waals surface area contributed by atoms with Crippen molar-refractivity contribution in [3.63, 3.8) is 0 Å². The second kappa shape index (κ2) is 4.51. The van der Waals surface area contributed by atoms with Gasteiger partial charge >= 0.3 is 5.97 Å². The highest BCUT2D eigenvalue weighted by Gasteiger charge is 2.12. The summed E-state index contributed by atoms with van der Waals surface area (Å²) in [4.78, 5) is 15.6. The molecule has 88 valence electrons. The van der Waals surface area contributed by atoms with Crippen LogP contribution in [-0.4, -0.2) is 18.1 Å². The minimum atomic E-state index is -0.485. The lowest BCUT2D eigenvalue weighted by Crippen LogP contribution is -2.05. The molecule has 0 unspecified atom stereocenters. The average molecular weight is 270 g/mol. The van der Waals surface area contributed by atoms with Crippen LogP contribution in [0.3, 0.4) is 0 Å². The summed E-state index contributed by atoms with van der Waals surface area (Å²) in [6.45, 7) is 1.86. The van der Waals surface area contributed by atoms with E-state index in [1.54, 1.807) is 18.2 Å². The van der Waals surface area contributed by atoms with E-state index in [1.807, 2.05) is 6.92 Å². The number of carbonyl (C=O) groups is 1. The van der Waals surface area contributed by atoms with Gasteiger partial charge in [0.2, 0.25) is 0 Å². The maximum atomic E-state index is 11.4. The van der Waals surface area contributed by atoms with Crippen molar-refractivity contribution in [1.29, 1.82) is 0 Å². The van der Waals surface area contributed by atoms with E-state index in [1.165, 1.54) is 7.11 Å². The fourth-order valence-corrected chi connectivity index (χ4v) is 2.16. The van der Waals surface area contributed by atoms with Crippen molar-refractivity contribution in [2.24, 2.45) is 0 Å². The maximum absolute atomic E-state index is 11.4. The maximum Gasteiger partial charge on any atom is 0.356 e. The van der Waals surface area contributed by atoms with E-state index in [9.17, 15) is 4.79 Å². The number of esters is 1. The van der Waals surface area contributed by atoms with Gasteiger partial charge in [-0.25, -0.2) is 9.78 Å². The van der Waals surface area contributed by atoms with Crippen molar-refractivity contribution in [2.45, 2.75) is 6.92 Å². The predicted molar refractivity (Wildman–Crippen MR) is 67.8 cm³/mol. The summed E-state index contributed by atoms with van der Waals surface area (Å²) < 4.78 is 4.63. The van der Waals surface area contributed by atoms with E-state index in [-0.39, 0.29) is 5.69 Å². The summed E-state index contributed by atoms with van der Waals surface area (Å²) >= 11 is 12.0. The fraction of sp³-hybridized carbons (Fsp3) is 0.167. The number of rotatable bonds is 1. The minimum Gasteiger partial charge on any atom is -0.464 e. The molecule has 0 spiro atoms. The number of carbonyl (C=O) groups excluding carboxylic acids is 1. The zero-order valence-corrected chi connectivity index (χ0v) is 10.8. The summed E-state index contributed by atoms with van der Waals surface area (Å²) in [6.07, 6.45) is 0. The van der Waals surface area contributed by atoms with Crippen molar-refractivity contribution in [3.05, 3.63) is 39.5 Å². The van der Waals surface area contributed by atoms with Crippen LogP contribution in [0.25, 0.3) is 10.9 Å². The van der Waals surface area contributed by atoms with Gasteiger partial charge in [0.05, 0.1) is 17.6 Å². The van der Waals surface area contributed by atoms with Gasteiger partial charge in [0.15, 0.2) is 0 Å². The van der Waals surface area contributed by atoms with Crippen molar-refractivity contribution in [3.8, 4) is 0 Å². The number of aromatic nitrogens is 1. The summed E-state index contributed by atoms with van der Waals surface area (Å²) in [5.74, 6) is -0.485. The van der Waals surface area contributed by atoms with Gasteiger partial charge in [-0.3, -0.25) is 0 Å². The standard InChI is InChI=1S/C12H9Cl2NO2/c1-6-3-10(12(16)17-2)15-11-8(6)4-7(13)5-9(11)14/h3-5H,1-2H3. The number of halogens is 2. The Morgan fingerprint density at radius 3 is 2.65 bits per heavy atom. The summed E-state index contributed by atoms with van der Waals surface area (Å²) in [6, 6.07) is 5.02. The zero-order chi connectivity index (χ0) is 12.6. The Morgan fingerprint density at radius 1 is 1.29 bits per heavy atom. The second-order valence-corrected chi connectivity index (χ2v) is 4.44. The quantitative estimate of drug-likeness (QED) is 0.742. The highest BCUT2D eigenvalue weighted by atomic mass is 35.5. The summed E-state index contributed by atoms with van der Waals surface area (Å²) in [5.41, 5.74) is 1.66. The first-order chi connectivity index (χ1) is 8.02. The number of ether oxygens (including phenoxy) is 1. The molecule has 0 bridgehead atoms. The molecule has 0 N–H and O–H groups in total. The van der Waals surface area contributed by atoms with Gasteiger partial charge < -0.3 is 4.74 Å². The molecule has 0 saturated carbocycles. The molecule has 1 aromatic carbocycles. The Labute approximate surface area is 108 Å². The molecule has 0 radical (unpaired) electrons. The number of methoxy groups -OCH3 is 1. The number of hydrogen-bond acceptors (Lipinski definition) is 3. The minimum absolute atomic E-state index is 0.238. The van der Waals surface area contributed by atoms with Gasteiger partial charge in [-0.1, -0.05) is 23.2 Å². The molecule has 5 heteroatoms. The number of hydrogen-bond donors (Lipinski definition) is 0. The number of aryl methyl sites for hydroxylation is 1. The Morgan fingerprint density at radius 2 is 2.00 bits per heavy atom. The Hall–Kier alpha value is -1.32. The molecule has 1 aromatic heterocycles. The highest BCUT2D eigenvalue weighted by Crippen LogP contribution is 2.29. The Balaban J connectivity index is 2.77. The topological polar surface area (TPSA) is 39.2 Å². The van der Waals surface area contributed by atoms with Crippen LogP contribution in [0.15, 0.2) is 18.2 Å². The third-order valence-electron chi connectivity index (χ3n) is 2.43. The van der Waals surface area contributed by atoms with Crippen molar-refractivity contribution >= 4 is 40.1 Å². The lowest BCUT2D eigenvalue weighted by molar-refractivity contribution is 0.0594. The van der Waals surface area contributed by atoms with Crippen LogP contribution in [0.1, 0.15) is 16.1 Å². The predicted octanol–water partition coefficient (Wildman–Crippen LogP) is 3.64. The van der Waals surface area contributed by atoms with Crippen LogP contribution in [0, 0.1) is 6.92 Å². The van der Waals surface area contributed by atoms with Gasteiger partial charge in [0, 0.05) is 10.4 Å². The fourth-order valence-electron chi connectivity index (χ4n) is 1.62. The molecule has 0 aliphatic rings. The van der Waals surface area contributed by atoms with E-state index in [4.69, 9.17) is 23.2 Å². The van der Waals surface area contributed by atoms with Crippen molar-refractivity contribution in [1.82, 2.24) is 4.98 Å². The molecule has 0 fully saturated rings. The number of pyridine rings is 1. The van der Waals surface area contributed by atoms with Crippen LogP contribution >= 0.6 is 23.2 Å². The molecule has 2 aromatic rings. The third-order valence-corrected chi connectivity index (χ3v) is 2.94. The van der Waals surface area contributed by atoms with E-state index in [0.717, 1.165) is 10.9 Å². The lowest BCUT2D eigenvalue weighted by atomic mass is 10.1. The van der Waals surface area contributed by atoms with Gasteiger partial charge in [-0.05, 0) is 30.7 Å². The summed E-state index contributed by atoms with van der Waals surface area (Å²) in [7, 11) is 1.31. The normalized spacial score (nSPS) is 10.6. The molecular formula is C12H9Cl2NO2. The monoisotopic (exact) mass is 269 g/mol. The highest BCUT2D eigenvalue weighted by molar-refractivity contribution is 6.38. The van der Waals surface area contributed by atoms with Crippen LogP contribution in [0.2, 0.25) is 10.0 Å². The third kappa shape index (κ3) is 2.21. The Bertz CT molecular complexity index is 611. The van der Waals surface area contributed by atoms with Gasteiger partial charge in [-0.2, -0.15) is 0 Å². The van der Waals surface area contributed by atoms with Crippen molar-refractivity contribution < 1.29 is 9.53 Å². The van der Waals surface area contributed by atoms with E-state index < -0.39 is 5.97 Å². The molecule has 3 nitrogen and oxygen atoms in total. The Kier molecular flexibility index (Phi) is 3.22. The molecule has 17 heavy (non-hydrogen) atoms. The molecule has 0 atom stereocenters. The lowest BCUT2D eigenvalue weighted by Gasteiger charge is -2.07. The molecule has 0 aliphatic carbocycles. The molecule has 2 rings (SSSR count). The van der Waals surface area contributed by atoms with Gasteiger partial charge in [-0.15, -0.1) is 0 Å². The number of nitrogens with zero attached hydrogens (tertiary/aromatic N) is 1. The zero-order valence-electron chi connectivity index (χ0n) is 9.25. The van der Waals surface area contributed by atoms with Crippen LogP contribution < -0.4 is 0 Å². The molecule has 0 amide bonds. The molecular weight excluding hydrogens is 261 g/mol. The van der Waals surface area contributed by atoms with Crippen LogP contribution in [0.4, 0.5) is 0 Å². The van der Waals surface area contributed by atoms with Gasteiger partial charge in [0.1, 0.15) is 5.69 Å².